The summed E-state index contributed by atoms with van der Waals surface area (Å²) in [6.07, 6.45) is 19.1. The van der Waals surface area contributed by atoms with Gasteiger partial charge in [0.05, 0.1) is 6.26 Å². The predicted molar refractivity (Wildman–Crippen MR) is 110 cm³/mol. The second kappa shape index (κ2) is 18.5. The SMILES string of the molecule is C=CO[PH](=O)O.CCCC[PH](CCCC)(CCCC)CCCC. The molecule has 0 saturated carbocycles. The van der Waals surface area contributed by atoms with E-state index in [0.717, 1.165) is 6.26 Å². The number of hydrogen-bond donors (Lipinski definition) is 1. The van der Waals surface area contributed by atoms with Gasteiger partial charge in [-0.15, -0.1) is 0 Å². The minimum atomic E-state index is -2.75. The Morgan fingerprint density at radius 1 is 0.870 bits per heavy atom. The van der Waals surface area contributed by atoms with E-state index in [9.17, 15) is 4.57 Å². The van der Waals surface area contributed by atoms with Gasteiger partial charge in [-0.1, -0.05) is 6.58 Å². The van der Waals surface area contributed by atoms with Crippen LogP contribution >= 0.6 is 15.5 Å². The summed E-state index contributed by atoms with van der Waals surface area (Å²) < 4.78 is 13.4. The van der Waals surface area contributed by atoms with E-state index in [2.05, 4.69) is 38.8 Å². The molecular formula is C18H42O3P2. The van der Waals surface area contributed by atoms with Crippen LogP contribution < -0.4 is 0 Å². The molecule has 5 heteroatoms. The fourth-order valence-electron chi connectivity index (χ4n) is 3.03. The summed E-state index contributed by atoms with van der Waals surface area (Å²) in [6.45, 7) is 12.5. The van der Waals surface area contributed by atoms with E-state index < -0.39 is 15.5 Å². The zero-order valence-corrected chi connectivity index (χ0v) is 18.0. The summed E-state index contributed by atoms with van der Waals surface area (Å²) in [5.41, 5.74) is 0. The summed E-state index contributed by atoms with van der Waals surface area (Å²) in [5, 5.41) is 0. The first kappa shape index (κ1) is 25.4. The second-order valence-corrected chi connectivity index (χ2v) is 12.2. The van der Waals surface area contributed by atoms with Crippen molar-refractivity contribution in [3.8, 4) is 0 Å². The third-order valence-corrected chi connectivity index (χ3v) is 10.5. The van der Waals surface area contributed by atoms with Crippen molar-refractivity contribution in [3.63, 3.8) is 0 Å². The van der Waals surface area contributed by atoms with Crippen LogP contribution in [-0.4, -0.2) is 29.5 Å². The molecule has 0 aromatic rings. The predicted octanol–water partition coefficient (Wildman–Crippen LogP) is 6.47. The quantitative estimate of drug-likeness (QED) is 0.282. The zero-order valence-electron chi connectivity index (χ0n) is 16.0. The summed E-state index contributed by atoms with van der Waals surface area (Å²) in [7, 11) is -3.63. The summed E-state index contributed by atoms with van der Waals surface area (Å²) >= 11 is 0. The molecule has 0 spiro atoms. The van der Waals surface area contributed by atoms with Gasteiger partial charge in [-0.3, -0.25) is 0 Å². The summed E-state index contributed by atoms with van der Waals surface area (Å²) in [6, 6.07) is 0. The van der Waals surface area contributed by atoms with E-state index in [1.807, 2.05) is 0 Å². The van der Waals surface area contributed by atoms with Crippen LogP contribution in [0.15, 0.2) is 12.8 Å². The Kier molecular flexibility index (Phi) is 20.4. The average molecular weight is 368 g/mol. The van der Waals surface area contributed by atoms with E-state index in [0.29, 0.717) is 0 Å². The van der Waals surface area contributed by atoms with Crippen LogP contribution in [0.4, 0.5) is 0 Å². The summed E-state index contributed by atoms with van der Waals surface area (Å²) in [4.78, 5) is 7.81. The van der Waals surface area contributed by atoms with E-state index in [1.165, 1.54) is 51.4 Å². The molecule has 23 heavy (non-hydrogen) atoms. The van der Waals surface area contributed by atoms with Gasteiger partial charge in [0.2, 0.25) is 0 Å². The third-order valence-electron chi connectivity index (χ3n) is 4.43. The van der Waals surface area contributed by atoms with Gasteiger partial charge in [0.1, 0.15) is 0 Å². The summed E-state index contributed by atoms with van der Waals surface area (Å²) in [5.74, 6) is 0. The van der Waals surface area contributed by atoms with Gasteiger partial charge in [-0.25, -0.2) is 4.57 Å². The molecule has 0 heterocycles. The number of rotatable bonds is 14. The normalized spacial score (nSPS) is 12.9. The van der Waals surface area contributed by atoms with Gasteiger partial charge in [0.15, 0.2) is 0 Å². The molecule has 0 aliphatic rings. The van der Waals surface area contributed by atoms with E-state index >= 15 is 0 Å². The molecule has 0 aromatic heterocycles. The molecule has 0 radical (unpaired) electrons. The Labute approximate surface area is 146 Å². The zero-order chi connectivity index (χ0) is 18.0. The van der Waals surface area contributed by atoms with Gasteiger partial charge >= 0.3 is 119 Å². The fraction of sp³-hybridized carbons (Fsp3) is 0.889. The van der Waals surface area contributed by atoms with Crippen LogP contribution in [0.5, 0.6) is 0 Å². The molecule has 0 fully saturated rings. The standard InChI is InChI=1S/C16H37P.C2H5O3P/c1-5-9-13-17(14-10-6-2,15-11-7-3)16-12-8-4;1-2-5-6(3)4/h17H,5-16H2,1-4H3;2,6H,1H2,(H,3,4). The van der Waals surface area contributed by atoms with Crippen LogP contribution in [0, 0.1) is 0 Å². The Hall–Kier alpha value is 0.160. The van der Waals surface area contributed by atoms with Crippen LogP contribution in [0.25, 0.3) is 0 Å². The molecule has 0 aliphatic carbocycles. The molecule has 0 rings (SSSR count). The van der Waals surface area contributed by atoms with Crippen molar-refractivity contribution in [3.05, 3.63) is 12.8 Å². The van der Waals surface area contributed by atoms with Crippen molar-refractivity contribution >= 4 is 15.5 Å². The molecule has 142 valence electrons. The topological polar surface area (TPSA) is 46.5 Å². The molecule has 3 nitrogen and oxygen atoms in total. The maximum atomic E-state index is 9.49. The molecule has 0 aromatic carbocycles. The Morgan fingerprint density at radius 3 is 1.30 bits per heavy atom. The average Bonchev–Trinajstić information content (AvgIpc) is 2.54. The Balaban J connectivity index is 0. The Morgan fingerprint density at radius 2 is 1.17 bits per heavy atom. The Bertz CT molecular complexity index is 246. The molecular weight excluding hydrogens is 326 g/mol. The van der Waals surface area contributed by atoms with Crippen LogP contribution in [0.1, 0.15) is 79.1 Å². The number of hydrogen-bond acceptors (Lipinski definition) is 2. The third kappa shape index (κ3) is 16.8. The van der Waals surface area contributed by atoms with Crippen molar-refractivity contribution in [2.45, 2.75) is 79.1 Å². The van der Waals surface area contributed by atoms with E-state index in [4.69, 9.17) is 4.89 Å². The maximum absolute atomic E-state index is 9.49. The van der Waals surface area contributed by atoms with Gasteiger partial charge in [-0.05, 0) is 0 Å². The molecule has 0 saturated heterocycles. The van der Waals surface area contributed by atoms with Crippen LogP contribution in [-0.2, 0) is 9.09 Å². The van der Waals surface area contributed by atoms with E-state index in [-0.39, 0.29) is 0 Å². The molecule has 0 bridgehead atoms. The fourth-order valence-corrected chi connectivity index (χ4v) is 9.09. The number of unbranched alkanes of at least 4 members (excludes halogenated alkanes) is 4. The van der Waals surface area contributed by atoms with Gasteiger partial charge in [0, 0.05) is 0 Å². The monoisotopic (exact) mass is 368 g/mol. The molecule has 1 atom stereocenters. The van der Waals surface area contributed by atoms with E-state index in [1.54, 1.807) is 24.6 Å². The minimum absolute atomic E-state index is 0.879. The second-order valence-electron chi connectivity index (χ2n) is 6.46. The van der Waals surface area contributed by atoms with Crippen molar-refractivity contribution in [1.82, 2.24) is 0 Å². The van der Waals surface area contributed by atoms with Crippen molar-refractivity contribution in [2.75, 3.05) is 24.6 Å². The van der Waals surface area contributed by atoms with Crippen molar-refractivity contribution in [2.24, 2.45) is 0 Å². The van der Waals surface area contributed by atoms with Crippen molar-refractivity contribution in [1.29, 1.82) is 0 Å². The molecule has 0 aliphatic heterocycles. The van der Waals surface area contributed by atoms with Gasteiger partial charge < -0.3 is 9.42 Å². The first-order chi connectivity index (χ1) is 11.0. The van der Waals surface area contributed by atoms with Crippen LogP contribution in [0.3, 0.4) is 0 Å². The van der Waals surface area contributed by atoms with Crippen molar-refractivity contribution < 1.29 is 14.0 Å². The van der Waals surface area contributed by atoms with Gasteiger partial charge in [-0.2, -0.15) is 0 Å². The first-order valence-electron chi connectivity index (χ1n) is 9.52. The molecule has 1 unspecified atom stereocenters. The first-order valence-corrected chi connectivity index (χ1v) is 13.6. The molecule has 0 amide bonds. The van der Waals surface area contributed by atoms with Crippen LogP contribution in [0.2, 0.25) is 0 Å². The molecule has 1 N–H and O–H groups in total. The van der Waals surface area contributed by atoms with Gasteiger partial charge in [0.25, 0.3) is 0 Å².